The molecular weight excluding hydrogens is 400 g/mol. The molecule has 1 aliphatic heterocycles. The van der Waals surface area contributed by atoms with E-state index in [4.69, 9.17) is 4.74 Å². The Balaban J connectivity index is 1.31. The number of aryl methyl sites for hydroxylation is 1. The molecule has 0 aliphatic carbocycles. The van der Waals surface area contributed by atoms with Gasteiger partial charge in [-0.05, 0) is 25.0 Å². The van der Waals surface area contributed by atoms with Crippen LogP contribution in [0.2, 0.25) is 0 Å². The average Bonchev–Trinajstić information content (AvgIpc) is 3.28. The van der Waals surface area contributed by atoms with Crippen LogP contribution in [-0.2, 0) is 13.6 Å². The van der Waals surface area contributed by atoms with E-state index in [0.29, 0.717) is 6.04 Å². The summed E-state index contributed by atoms with van der Waals surface area (Å²) in [5.74, 6) is 1.90. The third-order valence-electron chi connectivity index (χ3n) is 6.30. The first kappa shape index (κ1) is 20.5. The highest BCUT2D eigenvalue weighted by molar-refractivity contribution is 5.99. The van der Waals surface area contributed by atoms with Crippen molar-refractivity contribution in [2.75, 3.05) is 25.1 Å². The second kappa shape index (κ2) is 8.96. The number of benzene rings is 2. The minimum atomic E-state index is 0.476. The summed E-state index contributed by atoms with van der Waals surface area (Å²) in [7, 11) is 3.66. The molecule has 1 aliphatic rings. The zero-order valence-electron chi connectivity index (χ0n) is 18.5. The van der Waals surface area contributed by atoms with E-state index in [-0.39, 0.29) is 0 Å². The van der Waals surface area contributed by atoms with Crippen LogP contribution in [0.5, 0.6) is 5.75 Å². The second-order valence-electron chi connectivity index (χ2n) is 8.21. The van der Waals surface area contributed by atoms with Gasteiger partial charge in [0.25, 0.3) is 0 Å². The molecule has 0 unspecified atom stereocenters. The lowest BCUT2D eigenvalue weighted by Crippen LogP contribution is -2.42. The summed E-state index contributed by atoms with van der Waals surface area (Å²) < 4.78 is 7.32. The van der Waals surface area contributed by atoms with E-state index in [1.807, 2.05) is 29.9 Å². The van der Waals surface area contributed by atoms with Crippen LogP contribution in [0.3, 0.4) is 0 Å². The Morgan fingerprint density at radius 3 is 2.47 bits per heavy atom. The summed E-state index contributed by atoms with van der Waals surface area (Å²) >= 11 is 0. The van der Waals surface area contributed by atoms with E-state index in [1.54, 1.807) is 13.3 Å². The Kier molecular flexibility index (Phi) is 5.73. The van der Waals surface area contributed by atoms with Crippen LogP contribution in [0.15, 0.2) is 60.8 Å². The van der Waals surface area contributed by atoms with Crippen molar-refractivity contribution in [2.45, 2.75) is 25.4 Å². The van der Waals surface area contributed by atoms with Gasteiger partial charge in [0.1, 0.15) is 11.4 Å². The first-order valence-corrected chi connectivity index (χ1v) is 11.1. The Morgan fingerprint density at radius 2 is 1.72 bits per heavy atom. The molecule has 1 N–H and O–H groups in total. The fourth-order valence-electron chi connectivity index (χ4n) is 4.52. The van der Waals surface area contributed by atoms with Crippen molar-refractivity contribution in [2.24, 2.45) is 7.05 Å². The van der Waals surface area contributed by atoms with Crippen LogP contribution in [0, 0.1) is 0 Å². The van der Waals surface area contributed by atoms with Gasteiger partial charge in [-0.2, -0.15) is 5.10 Å². The van der Waals surface area contributed by atoms with Crippen molar-refractivity contribution < 1.29 is 4.74 Å². The Bertz CT molecular complexity index is 1210. The molecular formula is C25H28N6O. The van der Waals surface area contributed by atoms with Gasteiger partial charge in [-0.1, -0.05) is 42.5 Å². The molecule has 2 aromatic heterocycles. The number of aromatic nitrogens is 4. The zero-order valence-corrected chi connectivity index (χ0v) is 18.5. The van der Waals surface area contributed by atoms with E-state index < -0.39 is 0 Å². The van der Waals surface area contributed by atoms with Crippen molar-refractivity contribution in [3.8, 4) is 17.1 Å². The molecule has 0 bridgehead atoms. The van der Waals surface area contributed by atoms with Gasteiger partial charge in [0, 0.05) is 55.3 Å². The SMILES string of the molecule is COc1ccccc1CNC1CCN(c2nnc(-c3ccnn3C)c3ccccc23)CC1. The molecule has 1 fully saturated rings. The third-order valence-corrected chi connectivity index (χ3v) is 6.30. The molecule has 3 heterocycles. The van der Waals surface area contributed by atoms with Gasteiger partial charge < -0.3 is 15.0 Å². The van der Waals surface area contributed by atoms with E-state index >= 15 is 0 Å². The maximum Gasteiger partial charge on any atom is 0.159 e. The summed E-state index contributed by atoms with van der Waals surface area (Å²) in [5.41, 5.74) is 3.04. The molecule has 2 aromatic carbocycles. The van der Waals surface area contributed by atoms with Gasteiger partial charge in [-0.25, -0.2) is 0 Å². The number of methoxy groups -OCH3 is 1. The summed E-state index contributed by atoms with van der Waals surface area (Å²) in [6.45, 7) is 2.72. The molecule has 4 aromatic rings. The normalized spacial score (nSPS) is 14.8. The number of rotatable bonds is 6. The third kappa shape index (κ3) is 3.91. The molecule has 0 amide bonds. The predicted molar refractivity (Wildman–Crippen MR) is 127 cm³/mol. The van der Waals surface area contributed by atoms with E-state index in [9.17, 15) is 0 Å². The minimum absolute atomic E-state index is 0.476. The molecule has 7 heteroatoms. The lowest BCUT2D eigenvalue weighted by atomic mass is 10.0. The molecule has 164 valence electrons. The van der Waals surface area contributed by atoms with Gasteiger partial charge in [0.15, 0.2) is 5.82 Å². The number of piperidine rings is 1. The van der Waals surface area contributed by atoms with Crippen LogP contribution in [0.1, 0.15) is 18.4 Å². The molecule has 0 saturated carbocycles. The number of para-hydroxylation sites is 1. The molecule has 5 rings (SSSR count). The number of nitrogens with zero attached hydrogens (tertiary/aromatic N) is 5. The number of fused-ring (bicyclic) bond motifs is 1. The molecule has 0 atom stereocenters. The largest absolute Gasteiger partial charge is 0.496 e. The van der Waals surface area contributed by atoms with Gasteiger partial charge >= 0.3 is 0 Å². The average molecular weight is 429 g/mol. The number of anilines is 1. The highest BCUT2D eigenvalue weighted by atomic mass is 16.5. The van der Waals surface area contributed by atoms with Crippen LogP contribution in [0.4, 0.5) is 5.82 Å². The molecule has 32 heavy (non-hydrogen) atoms. The van der Waals surface area contributed by atoms with Crippen molar-refractivity contribution in [1.29, 1.82) is 0 Å². The fourth-order valence-corrected chi connectivity index (χ4v) is 4.52. The summed E-state index contributed by atoms with van der Waals surface area (Å²) in [4.78, 5) is 2.36. The fraction of sp³-hybridized carbons (Fsp3) is 0.320. The van der Waals surface area contributed by atoms with Crippen LogP contribution < -0.4 is 15.0 Å². The number of hydrogen-bond acceptors (Lipinski definition) is 6. The smallest absolute Gasteiger partial charge is 0.159 e. The van der Waals surface area contributed by atoms with Gasteiger partial charge in [0.05, 0.1) is 12.8 Å². The van der Waals surface area contributed by atoms with E-state index in [2.05, 4.69) is 61.9 Å². The summed E-state index contributed by atoms with van der Waals surface area (Å²) in [6.07, 6.45) is 3.92. The highest BCUT2D eigenvalue weighted by Gasteiger charge is 2.23. The van der Waals surface area contributed by atoms with Crippen LogP contribution >= 0.6 is 0 Å². The zero-order chi connectivity index (χ0) is 21.9. The minimum Gasteiger partial charge on any atom is -0.496 e. The number of ether oxygens (including phenoxy) is 1. The molecule has 0 radical (unpaired) electrons. The van der Waals surface area contributed by atoms with Crippen LogP contribution in [-0.4, -0.2) is 46.2 Å². The lowest BCUT2D eigenvalue weighted by Gasteiger charge is -2.33. The Hall–Kier alpha value is -3.45. The first-order chi connectivity index (χ1) is 15.7. The van der Waals surface area contributed by atoms with Gasteiger partial charge in [-0.3, -0.25) is 4.68 Å². The summed E-state index contributed by atoms with van der Waals surface area (Å²) in [6, 6.07) is 19.0. The molecule has 7 nitrogen and oxygen atoms in total. The topological polar surface area (TPSA) is 68.1 Å². The monoisotopic (exact) mass is 428 g/mol. The number of hydrogen-bond donors (Lipinski definition) is 1. The maximum atomic E-state index is 5.48. The second-order valence-corrected chi connectivity index (χ2v) is 8.21. The van der Waals surface area contributed by atoms with Gasteiger partial charge in [-0.15, -0.1) is 10.2 Å². The standard InChI is InChI=1S/C25H28N6O/c1-30-22(11-14-27-30)24-20-8-4-5-9-21(20)25(29-28-24)31-15-12-19(13-16-31)26-17-18-7-3-6-10-23(18)32-2/h3-11,14,19,26H,12-13,15-17H2,1-2H3. The van der Waals surface area contributed by atoms with E-state index in [0.717, 1.165) is 66.2 Å². The highest BCUT2D eigenvalue weighted by Crippen LogP contribution is 2.32. The Labute approximate surface area is 188 Å². The quantitative estimate of drug-likeness (QED) is 0.504. The molecule has 1 saturated heterocycles. The van der Waals surface area contributed by atoms with Crippen LogP contribution in [0.25, 0.3) is 22.2 Å². The predicted octanol–water partition coefficient (Wildman–Crippen LogP) is 3.80. The summed E-state index contributed by atoms with van der Waals surface area (Å²) in [5, 5.41) is 19.5. The van der Waals surface area contributed by atoms with Crippen molar-refractivity contribution in [1.82, 2.24) is 25.3 Å². The van der Waals surface area contributed by atoms with E-state index in [1.165, 1.54) is 5.56 Å². The lowest BCUT2D eigenvalue weighted by molar-refractivity contribution is 0.391. The van der Waals surface area contributed by atoms with Gasteiger partial charge in [0.2, 0.25) is 0 Å². The first-order valence-electron chi connectivity index (χ1n) is 11.1. The van der Waals surface area contributed by atoms with Crippen molar-refractivity contribution >= 4 is 16.6 Å². The van der Waals surface area contributed by atoms with Crippen molar-refractivity contribution in [3.63, 3.8) is 0 Å². The van der Waals surface area contributed by atoms with Crippen molar-refractivity contribution in [3.05, 3.63) is 66.4 Å². The Morgan fingerprint density at radius 1 is 0.969 bits per heavy atom. The number of nitrogens with one attached hydrogen (secondary N) is 1. The molecule has 0 spiro atoms. The maximum absolute atomic E-state index is 5.48.